The zero-order valence-electron chi connectivity index (χ0n) is 12.5. The molecule has 3 aromatic rings. The van der Waals surface area contributed by atoms with Gasteiger partial charge in [0.05, 0.1) is 18.1 Å². The van der Waals surface area contributed by atoms with E-state index < -0.39 is 0 Å². The van der Waals surface area contributed by atoms with E-state index in [2.05, 4.69) is 4.98 Å². The number of ketones is 1. The normalized spacial score (nSPS) is 11.2. The van der Waals surface area contributed by atoms with Gasteiger partial charge in [-0.1, -0.05) is 30.3 Å². The smallest absolute Gasteiger partial charge is 0.221 e. The van der Waals surface area contributed by atoms with Gasteiger partial charge >= 0.3 is 0 Å². The van der Waals surface area contributed by atoms with E-state index in [-0.39, 0.29) is 5.78 Å². The Morgan fingerprint density at radius 3 is 2.77 bits per heavy atom. The highest BCUT2D eigenvalue weighted by molar-refractivity contribution is 6.06. The summed E-state index contributed by atoms with van der Waals surface area (Å²) in [5, 5.41) is 0. The van der Waals surface area contributed by atoms with E-state index in [9.17, 15) is 4.79 Å². The molecule has 0 bridgehead atoms. The average Bonchev–Trinajstić information content (AvgIpc) is 2.90. The Hall–Kier alpha value is -2.88. The number of ether oxygens (including phenoxy) is 1. The maximum Gasteiger partial charge on any atom is 0.221 e. The molecule has 1 heterocycles. The van der Waals surface area contributed by atoms with Crippen LogP contribution in [0.2, 0.25) is 0 Å². The van der Waals surface area contributed by atoms with Crippen molar-refractivity contribution < 1.29 is 9.53 Å². The molecule has 0 aliphatic heterocycles. The Kier molecular flexibility index (Phi) is 3.74. The largest absolute Gasteiger partial charge is 0.497 e. The van der Waals surface area contributed by atoms with Crippen molar-refractivity contribution in [2.45, 2.75) is 0 Å². The zero-order valence-corrected chi connectivity index (χ0v) is 12.5. The number of hydrogen-bond acceptors (Lipinski definition) is 3. The number of para-hydroxylation sites is 2. The molecule has 1 aromatic heterocycles. The molecule has 4 heteroatoms. The summed E-state index contributed by atoms with van der Waals surface area (Å²) in [4.78, 5) is 16.8. The first-order chi connectivity index (χ1) is 10.7. The monoisotopic (exact) mass is 292 g/mol. The first-order valence-electron chi connectivity index (χ1n) is 6.97. The molecule has 0 amide bonds. The SMILES string of the molecule is COc1cccc(/C=C/C(=O)c2nc3ccccc3n2C)c1. The maximum atomic E-state index is 12.4. The molecular weight excluding hydrogens is 276 g/mol. The predicted octanol–water partition coefficient (Wildman–Crippen LogP) is 3.48. The summed E-state index contributed by atoms with van der Waals surface area (Å²) < 4.78 is 6.98. The van der Waals surface area contributed by atoms with Crippen LogP contribution in [0.1, 0.15) is 16.2 Å². The summed E-state index contributed by atoms with van der Waals surface area (Å²) >= 11 is 0. The van der Waals surface area contributed by atoms with Crippen molar-refractivity contribution in [1.29, 1.82) is 0 Å². The van der Waals surface area contributed by atoms with Crippen LogP contribution in [0.25, 0.3) is 17.1 Å². The molecule has 0 radical (unpaired) electrons. The Bertz CT molecular complexity index is 862. The molecule has 0 N–H and O–H groups in total. The Balaban J connectivity index is 1.89. The van der Waals surface area contributed by atoms with Crippen molar-refractivity contribution in [3.8, 4) is 5.75 Å². The minimum atomic E-state index is -0.124. The van der Waals surface area contributed by atoms with E-state index in [1.165, 1.54) is 6.08 Å². The van der Waals surface area contributed by atoms with E-state index in [0.717, 1.165) is 22.3 Å². The number of imidazole rings is 1. The molecule has 22 heavy (non-hydrogen) atoms. The van der Waals surface area contributed by atoms with Crippen LogP contribution in [0.3, 0.4) is 0 Å². The molecule has 0 saturated heterocycles. The highest BCUT2D eigenvalue weighted by atomic mass is 16.5. The molecule has 0 fully saturated rings. The molecule has 3 rings (SSSR count). The summed E-state index contributed by atoms with van der Waals surface area (Å²) in [5.74, 6) is 1.07. The molecule has 0 atom stereocenters. The molecular formula is C18H16N2O2. The molecule has 110 valence electrons. The van der Waals surface area contributed by atoms with Gasteiger partial charge in [-0.2, -0.15) is 0 Å². The summed E-state index contributed by atoms with van der Waals surface area (Å²) in [6, 6.07) is 15.2. The number of aromatic nitrogens is 2. The third kappa shape index (κ3) is 2.63. The minimum absolute atomic E-state index is 0.124. The van der Waals surface area contributed by atoms with Gasteiger partial charge in [-0.05, 0) is 35.9 Å². The van der Waals surface area contributed by atoms with Gasteiger partial charge in [0.25, 0.3) is 0 Å². The summed E-state index contributed by atoms with van der Waals surface area (Å²) in [6.07, 6.45) is 3.31. The first kappa shape index (κ1) is 14.1. The molecule has 0 unspecified atom stereocenters. The van der Waals surface area contributed by atoms with Crippen LogP contribution in [0, 0.1) is 0 Å². The van der Waals surface area contributed by atoms with Crippen molar-refractivity contribution in [2.24, 2.45) is 7.05 Å². The van der Waals surface area contributed by atoms with E-state index in [0.29, 0.717) is 5.82 Å². The predicted molar refractivity (Wildman–Crippen MR) is 87.1 cm³/mol. The van der Waals surface area contributed by atoms with Gasteiger partial charge < -0.3 is 9.30 Å². The van der Waals surface area contributed by atoms with Gasteiger partial charge in [0.15, 0.2) is 5.82 Å². The van der Waals surface area contributed by atoms with Crippen molar-refractivity contribution in [1.82, 2.24) is 9.55 Å². The summed E-state index contributed by atoms with van der Waals surface area (Å²) in [7, 11) is 3.47. The van der Waals surface area contributed by atoms with Crippen LogP contribution in [0.4, 0.5) is 0 Å². The number of methoxy groups -OCH3 is 1. The van der Waals surface area contributed by atoms with Gasteiger partial charge in [0, 0.05) is 7.05 Å². The standard InChI is InChI=1S/C18H16N2O2/c1-20-16-9-4-3-8-15(16)19-18(20)17(21)11-10-13-6-5-7-14(12-13)22-2/h3-12H,1-2H3/b11-10+. The third-order valence-electron chi connectivity index (χ3n) is 3.53. The number of carbonyl (C=O) groups is 1. The molecule has 0 aliphatic rings. The topological polar surface area (TPSA) is 44.1 Å². The van der Waals surface area contributed by atoms with E-state index in [1.54, 1.807) is 13.2 Å². The number of aryl methyl sites for hydroxylation is 1. The lowest BCUT2D eigenvalue weighted by molar-refractivity contribution is 0.103. The molecule has 0 spiro atoms. The number of nitrogens with zero attached hydrogens (tertiary/aromatic N) is 2. The second-order valence-corrected chi connectivity index (χ2v) is 4.96. The second kappa shape index (κ2) is 5.85. The number of rotatable bonds is 4. The number of carbonyl (C=O) groups excluding carboxylic acids is 1. The fourth-order valence-corrected chi connectivity index (χ4v) is 2.36. The number of hydrogen-bond donors (Lipinski definition) is 0. The van der Waals surface area contributed by atoms with Crippen molar-refractivity contribution in [3.63, 3.8) is 0 Å². The van der Waals surface area contributed by atoms with Crippen LogP contribution in [-0.2, 0) is 7.05 Å². The van der Waals surface area contributed by atoms with Crippen molar-refractivity contribution >= 4 is 22.9 Å². The lowest BCUT2D eigenvalue weighted by atomic mass is 10.2. The number of benzene rings is 2. The second-order valence-electron chi connectivity index (χ2n) is 4.96. The van der Waals surface area contributed by atoms with Crippen LogP contribution >= 0.6 is 0 Å². The van der Waals surface area contributed by atoms with Crippen molar-refractivity contribution in [3.05, 3.63) is 66.0 Å². The minimum Gasteiger partial charge on any atom is -0.497 e. The molecule has 0 saturated carbocycles. The first-order valence-corrected chi connectivity index (χ1v) is 6.97. The fraction of sp³-hybridized carbons (Fsp3) is 0.111. The zero-order chi connectivity index (χ0) is 15.5. The molecule has 4 nitrogen and oxygen atoms in total. The Labute approximate surface area is 128 Å². The van der Waals surface area contributed by atoms with Gasteiger partial charge in [0.1, 0.15) is 5.75 Å². The average molecular weight is 292 g/mol. The van der Waals surface area contributed by atoms with E-state index >= 15 is 0 Å². The highest BCUT2D eigenvalue weighted by Crippen LogP contribution is 2.16. The van der Waals surface area contributed by atoms with Gasteiger partial charge in [0.2, 0.25) is 5.78 Å². The van der Waals surface area contributed by atoms with Crippen molar-refractivity contribution in [2.75, 3.05) is 7.11 Å². The number of fused-ring (bicyclic) bond motifs is 1. The van der Waals surface area contributed by atoms with Crippen LogP contribution in [0.5, 0.6) is 5.75 Å². The lowest BCUT2D eigenvalue weighted by Gasteiger charge is -2.00. The van der Waals surface area contributed by atoms with Gasteiger partial charge in [-0.15, -0.1) is 0 Å². The van der Waals surface area contributed by atoms with Crippen LogP contribution in [-0.4, -0.2) is 22.4 Å². The Morgan fingerprint density at radius 2 is 2.00 bits per heavy atom. The lowest BCUT2D eigenvalue weighted by Crippen LogP contribution is -2.04. The third-order valence-corrected chi connectivity index (χ3v) is 3.53. The maximum absolute atomic E-state index is 12.4. The van der Waals surface area contributed by atoms with E-state index in [1.807, 2.05) is 60.1 Å². The number of allylic oxidation sites excluding steroid dienone is 1. The molecule has 0 aliphatic carbocycles. The van der Waals surface area contributed by atoms with Gasteiger partial charge in [-0.3, -0.25) is 4.79 Å². The summed E-state index contributed by atoms with van der Waals surface area (Å²) in [5.41, 5.74) is 2.68. The van der Waals surface area contributed by atoms with E-state index in [4.69, 9.17) is 4.74 Å². The Morgan fingerprint density at radius 1 is 1.18 bits per heavy atom. The molecule has 2 aromatic carbocycles. The highest BCUT2D eigenvalue weighted by Gasteiger charge is 2.12. The quantitative estimate of drug-likeness (QED) is 0.546. The van der Waals surface area contributed by atoms with Gasteiger partial charge in [-0.25, -0.2) is 4.98 Å². The van der Waals surface area contributed by atoms with Crippen LogP contribution < -0.4 is 4.74 Å². The van der Waals surface area contributed by atoms with Crippen LogP contribution in [0.15, 0.2) is 54.6 Å². The fourth-order valence-electron chi connectivity index (χ4n) is 2.36. The summed E-state index contributed by atoms with van der Waals surface area (Å²) in [6.45, 7) is 0.